The normalized spacial score (nSPS) is 13.2. The molecule has 0 heterocycles. The highest BCUT2D eigenvalue weighted by molar-refractivity contribution is 5.29. The molecule has 2 nitrogen and oxygen atoms in total. The summed E-state index contributed by atoms with van der Waals surface area (Å²) in [7, 11) is 1.71. The van der Waals surface area contributed by atoms with Crippen LogP contribution in [-0.2, 0) is 0 Å². The number of nitrogens with one attached hydrogen (secondary N) is 1. The van der Waals surface area contributed by atoms with Crippen molar-refractivity contribution >= 4 is 0 Å². The van der Waals surface area contributed by atoms with Gasteiger partial charge < -0.3 is 10.1 Å². The van der Waals surface area contributed by atoms with E-state index in [9.17, 15) is 0 Å². The summed E-state index contributed by atoms with van der Waals surface area (Å²) in [5, 5.41) is 3.75. The van der Waals surface area contributed by atoms with Crippen molar-refractivity contribution in [1.82, 2.24) is 5.32 Å². The summed E-state index contributed by atoms with van der Waals surface area (Å²) < 4.78 is 5.22. The van der Waals surface area contributed by atoms with Gasteiger partial charge >= 0.3 is 0 Å². The molecular weight excluding hydrogens is 246 g/mol. The van der Waals surface area contributed by atoms with Gasteiger partial charge in [-0.05, 0) is 48.4 Å². The fraction of sp³-hybridized carbons (Fsp3) is 0.667. The molecular formula is C18H31NO. The van der Waals surface area contributed by atoms with Crippen molar-refractivity contribution in [3.63, 3.8) is 0 Å². The molecule has 1 rings (SSSR count). The number of benzene rings is 1. The lowest BCUT2D eigenvalue weighted by atomic mass is 9.85. The van der Waals surface area contributed by atoms with Gasteiger partial charge in [-0.25, -0.2) is 0 Å². The predicted molar refractivity (Wildman–Crippen MR) is 87.2 cm³/mol. The van der Waals surface area contributed by atoms with E-state index in [0.29, 0.717) is 6.04 Å². The Bertz CT molecular complexity index is 362. The van der Waals surface area contributed by atoms with Crippen LogP contribution in [0, 0.1) is 17.8 Å². The van der Waals surface area contributed by atoms with Crippen LogP contribution < -0.4 is 10.1 Å². The SMILES string of the molecule is CCC(NCC(C(C)C)C(C)C)c1ccc(OC)cc1. The molecule has 1 aromatic carbocycles. The quantitative estimate of drug-likeness (QED) is 0.746. The highest BCUT2D eigenvalue weighted by Gasteiger charge is 2.19. The summed E-state index contributed by atoms with van der Waals surface area (Å²) in [5.41, 5.74) is 1.35. The van der Waals surface area contributed by atoms with Crippen molar-refractivity contribution in [2.45, 2.75) is 47.1 Å². The van der Waals surface area contributed by atoms with E-state index in [1.165, 1.54) is 5.56 Å². The van der Waals surface area contributed by atoms with Gasteiger partial charge in [0, 0.05) is 6.04 Å². The Kier molecular flexibility index (Phi) is 7.08. The van der Waals surface area contributed by atoms with Gasteiger partial charge in [0.2, 0.25) is 0 Å². The molecule has 1 N–H and O–H groups in total. The lowest BCUT2D eigenvalue weighted by Gasteiger charge is -2.28. The predicted octanol–water partition coefficient (Wildman–Crippen LogP) is 4.66. The van der Waals surface area contributed by atoms with Gasteiger partial charge in [0.05, 0.1) is 7.11 Å². The molecule has 0 saturated carbocycles. The number of hydrogen-bond donors (Lipinski definition) is 1. The zero-order valence-electron chi connectivity index (χ0n) is 13.9. The minimum atomic E-state index is 0.431. The van der Waals surface area contributed by atoms with Crippen LogP contribution in [0.4, 0.5) is 0 Å². The number of methoxy groups -OCH3 is 1. The van der Waals surface area contributed by atoms with Crippen molar-refractivity contribution in [3.8, 4) is 5.75 Å². The summed E-state index contributed by atoms with van der Waals surface area (Å²) in [6.45, 7) is 12.6. The maximum Gasteiger partial charge on any atom is 0.118 e. The van der Waals surface area contributed by atoms with E-state index in [2.05, 4.69) is 52.1 Å². The average Bonchev–Trinajstić information content (AvgIpc) is 2.43. The number of ether oxygens (including phenoxy) is 1. The summed E-state index contributed by atoms with van der Waals surface area (Å²) in [6.07, 6.45) is 1.11. The maximum atomic E-state index is 5.22. The highest BCUT2D eigenvalue weighted by Crippen LogP contribution is 2.23. The van der Waals surface area contributed by atoms with E-state index < -0.39 is 0 Å². The monoisotopic (exact) mass is 277 g/mol. The Morgan fingerprint density at radius 1 is 1.00 bits per heavy atom. The van der Waals surface area contributed by atoms with Crippen molar-refractivity contribution in [1.29, 1.82) is 0 Å². The van der Waals surface area contributed by atoms with Gasteiger partial charge in [0.1, 0.15) is 5.75 Å². The zero-order valence-corrected chi connectivity index (χ0v) is 13.9. The third-order valence-electron chi connectivity index (χ3n) is 4.24. The molecule has 1 aromatic rings. The summed E-state index contributed by atoms with van der Waals surface area (Å²) in [5.74, 6) is 3.08. The van der Waals surface area contributed by atoms with E-state index >= 15 is 0 Å². The first-order valence-corrected chi connectivity index (χ1v) is 7.86. The Morgan fingerprint density at radius 3 is 1.95 bits per heavy atom. The van der Waals surface area contributed by atoms with Crippen LogP contribution in [0.3, 0.4) is 0 Å². The van der Waals surface area contributed by atoms with E-state index in [1.54, 1.807) is 7.11 Å². The fourth-order valence-electron chi connectivity index (χ4n) is 2.85. The van der Waals surface area contributed by atoms with E-state index in [0.717, 1.165) is 36.5 Å². The first-order valence-electron chi connectivity index (χ1n) is 7.86. The molecule has 114 valence electrons. The molecule has 1 atom stereocenters. The molecule has 0 saturated heterocycles. The van der Waals surface area contributed by atoms with E-state index in [4.69, 9.17) is 4.74 Å². The molecule has 1 unspecified atom stereocenters. The Morgan fingerprint density at radius 2 is 1.55 bits per heavy atom. The van der Waals surface area contributed by atoms with Crippen molar-refractivity contribution in [2.24, 2.45) is 17.8 Å². The Labute approximate surface area is 124 Å². The Hall–Kier alpha value is -1.02. The topological polar surface area (TPSA) is 21.3 Å². The van der Waals surface area contributed by atoms with Gasteiger partial charge in [-0.2, -0.15) is 0 Å². The van der Waals surface area contributed by atoms with Crippen LogP contribution in [0.5, 0.6) is 5.75 Å². The van der Waals surface area contributed by atoms with Gasteiger partial charge in [0.25, 0.3) is 0 Å². The second-order valence-electron chi connectivity index (χ2n) is 6.29. The largest absolute Gasteiger partial charge is 0.497 e. The van der Waals surface area contributed by atoms with Crippen LogP contribution in [0.2, 0.25) is 0 Å². The second-order valence-corrected chi connectivity index (χ2v) is 6.29. The molecule has 0 radical (unpaired) electrons. The summed E-state index contributed by atoms with van der Waals surface area (Å²) >= 11 is 0. The number of rotatable bonds is 8. The van der Waals surface area contributed by atoms with E-state index in [1.807, 2.05) is 12.1 Å². The third kappa shape index (κ3) is 4.82. The molecule has 0 spiro atoms. The molecule has 20 heavy (non-hydrogen) atoms. The smallest absolute Gasteiger partial charge is 0.118 e. The lowest BCUT2D eigenvalue weighted by Crippen LogP contribution is -2.32. The van der Waals surface area contributed by atoms with Crippen LogP contribution >= 0.6 is 0 Å². The molecule has 0 fully saturated rings. The van der Waals surface area contributed by atoms with Gasteiger partial charge in [-0.1, -0.05) is 46.8 Å². The molecule has 0 aliphatic rings. The Balaban J connectivity index is 2.66. The number of hydrogen-bond acceptors (Lipinski definition) is 2. The van der Waals surface area contributed by atoms with Crippen molar-refractivity contribution < 1.29 is 4.74 Å². The molecule has 2 heteroatoms. The van der Waals surface area contributed by atoms with Crippen molar-refractivity contribution in [2.75, 3.05) is 13.7 Å². The van der Waals surface area contributed by atoms with E-state index in [-0.39, 0.29) is 0 Å². The fourth-order valence-corrected chi connectivity index (χ4v) is 2.85. The van der Waals surface area contributed by atoms with Crippen LogP contribution in [0.1, 0.15) is 52.6 Å². The minimum Gasteiger partial charge on any atom is -0.497 e. The lowest BCUT2D eigenvalue weighted by molar-refractivity contribution is 0.264. The molecule has 0 bridgehead atoms. The summed E-state index contributed by atoms with van der Waals surface area (Å²) in [4.78, 5) is 0. The third-order valence-corrected chi connectivity index (χ3v) is 4.24. The first-order chi connectivity index (χ1) is 9.49. The molecule has 0 amide bonds. The van der Waals surface area contributed by atoms with Gasteiger partial charge in [-0.3, -0.25) is 0 Å². The first kappa shape index (κ1) is 17.0. The molecule has 0 aromatic heterocycles. The molecule has 0 aliphatic heterocycles. The van der Waals surface area contributed by atoms with Crippen LogP contribution in [-0.4, -0.2) is 13.7 Å². The van der Waals surface area contributed by atoms with Crippen molar-refractivity contribution in [3.05, 3.63) is 29.8 Å². The minimum absolute atomic E-state index is 0.431. The average molecular weight is 277 g/mol. The molecule has 0 aliphatic carbocycles. The standard InChI is InChI=1S/C18H31NO/c1-7-18(15-8-10-16(20-6)11-9-15)19-12-17(13(2)3)14(4)5/h8-11,13-14,17-19H,7,12H2,1-6H3. The maximum absolute atomic E-state index is 5.22. The van der Waals surface area contributed by atoms with Gasteiger partial charge in [0.15, 0.2) is 0 Å². The van der Waals surface area contributed by atoms with Crippen LogP contribution in [0.15, 0.2) is 24.3 Å². The van der Waals surface area contributed by atoms with Crippen LogP contribution in [0.25, 0.3) is 0 Å². The zero-order chi connectivity index (χ0) is 15.1. The highest BCUT2D eigenvalue weighted by atomic mass is 16.5. The van der Waals surface area contributed by atoms with Gasteiger partial charge in [-0.15, -0.1) is 0 Å². The second kappa shape index (κ2) is 8.31. The summed E-state index contributed by atoms with van der Waals surface area (Å²) in [6, 6.07) is 8.85.